The summed E-state index contributed by atoms with van der Waals surface area (Å²) in [7, 11) is -0.478. The fourth-order valence-corrected chi connectivity index (χ4v) is 4.35. The molecule has 2 aromatic carbocycles. The molecule has 0 aliphatic heterocycles. The number of hydrogen-bond donors (Lipinski definition) is 1. The molecule has 2 aromatic rings. The molecule has 7 nitrogen and oxygen atoms in total. The van der Waals surface area contributed by atoms with E-state index in [0.29, 0.717) is 35.2 Å². The molecule has 0 atom stereocenters. The fourth-order valence-electron chi connectivity index (χ4n) is 2.81. The van der Waals surface area contributed by atoms with Crippen molar-refractivity contribution in [3.8, 4) is 11.5 Å². The van der Waals surface area contributed by atoms with Crippen LogP contribution in [0.3, 0.4) is 0 Å². The Hall–Kier alpha value is -2.16. The topological polar surface area (TPSA) is 84.9 Å². The second-order valence-electron chi connectivity index (χ2n) is 6.50. The van der Waals surface area contributed by atoms with E-state index < -0.39 is 10.0 Å². The van der Waals surface area contributed by atoms with Gasteiger partial charge in [0, 0.05) is 24.5 Å². The number of nitrogens with zero attached hydrogens (tertiary/aromatic N) is 1. The highest BCUT2D eigenvalue weighted by Gasteiger charge is 2.20. The lowest BCUT2D eigenvalue weighted by Crippen LogP contribution is -2.32. The van der Waals surface area contributed by atoms with Crippen LogP contribution in [0.4, 0.5) is 5.69 Å². The van der Waals surface area contributed by atoms with Crippen LogP contribution >= 0.6 is 23.2 Å². The van der Waals surface area contributed by atoms with Crippen molar-refractivity contribution in [2.45, 2.75) is 19.4 Å². The minimum absolute atomic E-state index is 0.115. The van der Waals surface area contributed by atoms with Gasteiger partial charge in [-0.2, -0.15) is 0 Å². The molecule has 30 heavy (non-hydrogen) atoms. The van der Waals surface area contributed by atoms with Crippen LogP contribution in [0.25, 0.3) is 0 Å². The summed E-state index contributed by atoms with van der Waals surface area (Å²) in [6, 6.07) is 9.97. The van der Waals surface area contributed by atoms with Crippen molar-refractivity contribution in [1.29, 1.82) is 0 Å². The number of halogens is 2. The van der Waals surface area contributed by atoms with Crippen LogP contribution in [0, 0.1) is 0 Å². The van der Waals surface area contributed by atoms with E-state index >= 15 is 0 Å². The minimum atomic E-state index is -3.57. The van der Waals surface area contributed by atoms with Gasteiger partial charge in [-0.05, 0) is 42.3 Å². The van der Waals surface area contributed by atoms with Crippen LogP contribution in [0.2, 0.25) is 10.0 Å². The first-order chi connectivity index (χ1) is 14.2. The molecule has 2 rings (SSSR count). The van der Waals surface area contributed by atoms with Crippen molar-refractivity contribution in [1.82, 2.24) is 5.32 Å². The normalized spacial score (nSPS) is 11.1. The zero-order valence-corrected chi connectivity index (χ0v) is 19.3. The standard InChI is InChI=1S/C20H24Cl2N2O5S/c1-28-18-9-6-14(11-19(18)29-2)13-23-20(25)5-4-10-24(30(3,26)27)17-8-7-15(21)12-16(17)22/h6-9,11-12H,4-5,10,13H2,1-3H3,(H,23,25). The molecule has 0 spiro atoms. The van der Waals surface area contributed by atoms with Gasteiger partial charge < -0.3 is 14.8 Å². The number of carbonyl (C=O) groups is 1. The van der Waals surface area contributed by atoms with Gasteiger partial charge in [0.15, 0.2) is 11.5 Å². The van der Waals surface area contributed by atoms with E-state index in [9.17, 15) is 13.2 Å². The first-order valence-electron chi connectivity index (χ1n) is 9.06. The Bertz CT molecular complexity index is 999. The number of carbonyl (C=O) groups excluding carboxylic acids is 1. The summed E-state index contributed by atoms with van der Waals surface area (Å²) in [5.41, 5.74) is 1.18. The molecule has 10 heteroatoms. The van der Waals surface area contributed by atoms with Crippen LogP contribution in [0.15, 0.2) is 36.4 Å². The number of nitrogens with one attached hydrogen (secondary N) is 1. The minimum Gasteiger partial charge on any atom is -0.493 e. The summed E-state index contributed by atoms with van der Waals surface area (Å²) in [5.74, 6) is 0.989. The van der Waals surface area contributed by atoms with Gasteiger partial charge in [0.2, 0.25) is 15.9 Å². The van der Waals surface area contributed by atoms with Crippen molar-refractivity contribution in [3.63, 3.8) is 0 Å². The summed E-state index contributed by atoms with van der Waals surface area (Å²) < 4.78 is 36.0. The van der Waals surface area contributed by atoms with Gasteiger partial charge in [0.1, 0.15) is 0 Å². The van der Waals surface area contributed by atoms with Gasteiger partial charge in [0.25, 0.3) is 0 Å². The maximum absolute atomic E-state index is 12.2. The monoisotopic (exact) mass is 474 g/mol. The molecule has 164 valence electrons. The molecule has 0 fully saturated rings. The van der Waals surface area contributed by atoms with Crippen molar-refractivity contribution >= 4 is 44.8 Å². The fraction of sp³-hybridized carbons (Fsp3) is 0.350. The highest BCUT2D eigenvalue weighted by atomic mass is 35.5. The molecule has 0 saturated heterocycles. The lowest BCUT2D eigenvalue weighted by Gasteiger charge is -2.23. The van der Waals surface area contributed by atoms with E-state index in [-0.39, 0.29) is 23.9 Å². The third kappa shape index (κ3) is 6.68. The number of hydrogen-bond acceptors (Lipinski definition) is 5. The zero-order chi connectivity index (χ0) is 22.3. The highest BCUT2D eigenvalue weighted by Crippen LogP contribution is 2.30. The van der Waals surface area contributed by atoms with Gasteiger partial charge in [-0.3, -0.25) is 9.10 Å². The maximum Gasteiger partial charge on any atom is 0.232 e. The second kappa shape index (κ2) is 10.7. The summed E-state index contributed by atoms with van der Waals surface area (Å²) in [6.07, 6.45) is 1.57. The zero-order valence-electron chi connectivity index (χ0n) is 16.9. The molecule has 0 radical (unpaired) electrons. The Balaban J connectivity index is 1.93. The maximum atomic E-state index is 12.2. The molecular formula is C20H24Cl2N2O5S. The number of benzene rings is 2. The van der Waals surface area contributed by atoms with Crippen LogP contribution in [-0.2, 0) is 21.4 Å². The predicted octanol–water partition coefficient (Wildman–Crippen LogP) is 3.87. The number of amides is 1. The van der Waals surface area contributed by atoms with E-state index in [2.05, 4.69) is 5.32 Å². The second-order valence-corrected chi connectivity index (χ2v) is 9.25. The van der Waals surface area contributed by atoms with E-state index in [0.717, 1.165) is 11.8 Å². The average Bonchev–Trinajstić information content (AvgIpc) is 2.69. The number of rotatable bonds is 10. The lowest BCUT2D eigenvalue weighted by molar-refractivity contribution is -0.121. The smallest absolute Gasteiger partial charge is 0.232 e. The van der Waals surface area contributed by atoms with Gasteiger partial charge in [-0.1, -0.05) is 29.3 Å². The van der Waals surface area contributed by atoms with Crippen molar-refractivity contribution in [2.75, 3.05) is 31.3 Å². The molecule has 1 N–H and O–H groups in total. The molecule has 0 heterocycles. The van der Waals surface area contributed by atoms with Crippen LogP contribution in [0.1, 0.15) is 18.4 Å². The lowest BCUT2D eigenvalue weighted by atomic mass is 10.2. The van der Waals surface area contributed by atoms with Gasteiger partial charge >= 0.3 is 0 Å². The quantitative estimate of drug-likeness (QED) is 0.564. The molecular weight excluding hydrogens is 451 g/mol. The van der Waals surface area contributed by atoms with E-state index in [1.165, 1.54) is 10.4 Å². The summed E-state index contributed by atoms with van der Waals surface area (Å²) in [6.45, 7) is 0.432. The Labute approximate surface area is 186 Å². The van der Waals surface area contributed by atoms with Crippen molar-refractivity contribution in [2.24, 2.45) is 0 Å². The third-order valence-electron chi connectivity index (χ3n) is 4.28. The Morgan fingerprint density at radius 1 is 1.07 bits per heavy atom. The van der Waals surface area contributed by atoms with Gasteiger partial charge in [0.05, 0.1) is 31.2 Å². The number of sulfonamides is 1. The Morgan fingerprint density at radius 2 is 1.77 bits per heavy atom. The summed E-state index contributed by atoms with van der Waals surface area (Å²) in [4.78, 5) is 12.2. The van der Waals surface area contributed by atoms with E-state index in [1.54, 1.807) is 38.5 Å². The van der Waals surface area contributed by atoms with Crippen LogP contribution < -0.4 is 19.1 Å². The largest absolute Gasteiger partial charge is 0.493 e. The first-order valence-corrected chi connectivity index (χ1v) is 11.7. The van der Waals surface area contributed by atoms with E-state index in [1.807, 2.05) is 6.07 Å². The van der Waals surface area contributed by atoms with Crippen molar-refractivity contribution < 1.29 is 22.7 Å². The molecule has 0 aliphatic carbocycles. The molecule has 0 bridgehead atoms. The third-order valence-corrected chi connectivity index (χ3v) is 6.00. The first kappa shape index (κ1) is 24.1. The SMILES string of the molecule is COc1ccc(CNC(=O)CCCN(c2ccc(Cl)cc2Cl)S(C)(=O)=O)cc1OC. The molecule has 0 unspecified atom stereocenters. The Kier molecular flexibility index (Phi) is 8.64. The van der Waals surface area contributed by atoms with Crippen LogP contribution in [-0.4, -0.2) is 41.3 Å². The summed E-state index contributed by atoms with van der Waals surface area (Å²) in [5, 5.41) is 3.45. The summed E-state index contributed by atoms with van der Waals surface area (Å²) >= 11 is 12.0. The van der Waals surface area contributed by atoms with Crippen LogP contribution in [0.5, 0.6) is 11.5 Å². The Morgan fingerprint density at radius 3 is 2.37 bits per heavy atom. The highest BCUT2D eigenvalue weighted by molar-refractivity contribution is 7.92. The number of methoxy groups -OCH3 is 2. The molecule has 1 amide bonds. The molecule has 0 saturated carbocycles. The number of anilines is 1. The van der Waals surface area contributed by atoms with Crippen molar-refractivity contribution in [3.05, 3.63) is 52.0 Å². The average molecular weight is 475 g/mol. The predicted molar refractivity (Wildman–Crippen MR) is 119 cm³/mol. The molecule has 0 aromatic heterocycles. The molecule has 0 aliphatic rings. The number of ether oxygens (including phenoxy) is 2. The van der Waals surface area contributed by atoms with Gasteiger partial charge in [-0.15, -0.1) is 0 Å². The van der Waals surface area contributed by atoms with Gasteiger partial charge in [-0.25, -0.2) is 8.42 Å². The van der Waals surface area contributed by atoms with E-state index in [4.69, 9.17) is 32.7 Å².